The third kappa shape index (κ3) is 3.97. The molecule has 3 rings (SSSR count). The molecule has 7 heteroatoms. The number of nitrogens with zero attached hydrogens (tertiary/aromatic N) is 3. The quantitative estimate of drug-likeness (QED) is 0.805. The highest BCUT2D eigenvalue weighted by Crippen LogP contribution is 2.41. The number of amides is 1. The number of unbranched alkanes of at least 4 members (excludes halogenated alkanes) is 1. The van der Waals surface area contributed by atoms with E-state index in [1.54, 1.807) is 36.1 Å². The number of benzene rings is 1. The Labute approximate surface area is 152 Å². The second-order valence-electron chi connectivity index (χ2n) is 6.93. The highest BCUT2D eigenvalue weighted by molar-refractivity contribution is 6.04. The zero-order valence-corrected chi connectivity index (χ0v) is 15.2. The first kappa shape index (κ1) is 17.8. The Morgan fingerprint density at radius 3 is 3.00 bits per heavy atom. The van der Waals surface area contributed by atoms with Gasteiger partial charge in [0, 0.05) is 43.3 Å². The molecule has 1 aromatic carbocycles. The van der Waals surface area contributed by atoms with E-state index in [-0.39, 0.29) is 11.5 Å². The molecule has 0 aliphatic carbocycles. The van der Waals surface area contributed by atoms with Crippen LogP contribution >= 0.6 is 0 Å². The molecule has 0 unspecified atom stereocenters. The molecule has 136 valence electrons. The molecule has 0 radical (unpaired) electrons. The lowest BCUT2D eigenvalue weighted by Gasteiger charge is -2.16. The van der Waals surface area contributed by atoms with E-state index in [9.17, 15) is 4.79 Å². The van der Waals surface area contributed by atoms with Crippen LogP contribution in [0.5, 0.6) is 11.5 Å². The molecule has 1 aliphatic heterocycles. The van der Waals surface area contributed by atoms with E-state index in [2.05, 4.69) is 16.5 Å². The average molecular weight is 354 g/mol. The van der Waals surface area contributed by atoms with Gasteiger partial charge in [-0.25, -0.2) is 0 Å². The lowest BCUT2D eigenvalue weighted by atomic mass is 9.99. The van der Waals surface area contributed by atoms with E-state index in [1.807, 2.05) is 13.8 Å². The van der Waals surface area contributed by atoms with Gasteiger partial charge in [0.1, 0.15) is 17.1 Å². The molecule has 26 heavy (non-hydrogen) atoms. The third-order valence-corrected chi connectivity index (χ3v) is 4.06. The number of rotatable bonds is 6. The molecule has 1 aromatic heterocycles. The second-order valence-corrected chi connectivity index (χ2v) is 6.93. The molecule has 0 saturated heterocycles. The van der Waals surface area contributed by atoms with Gasteiger partial charge in [0.15, 0.2) is 5.82 Å². The maximum Gasteiger partial charge on any atom is 0.257 e. The monoisotopic (exact) mass is 354 g/mol. The van der Waals surface area contributed by atoms with Crippen molar-refractivity contribution in [1.29, 1.82) is 5.26 Å². The van der Waals surface area contributed by atoms with Crippen LogP contribution in [0.3, 0.4) is 0 Å². The molecule has 1 aliphatic rings. The van der Waals surface area contributed by atoms with Crippen LogP contribution < -0.4 is 14.8 Å². The van der Waals surface area contributed by atoms with Crippen LogP contribution in [-0.4, -0.2) is 27.9 Å². The minimum Gasteiger partial charge on any atom is -0.493 e. The number of anilines is 1. The molecule has 1 N–H and O–H groups in total. The number of aryl methyl sites for hydroxylation is 1. The number of fused-ring (bicyclic) bond motifs is 1. The summed E-state index contributed by atoms with van der Waals surface area (Å²) >= 11 is 0. The summed E-state index contributed by atoms with van der Waals surface area (Å²) in [7, 11) is 1.79. The Bertz CT molecular complexity index is 864. The molecule has 0 saturated carbocycles. The number of carbonyl (C=O) groups excluding carboxylic acids is 1. The molecule has 0 fully saturated rings. The minimum absolute atomic E-state index is 0.276. The predicted octanol–water partition coefficient (Wildman–Crippen LogP) is 3.07. The molecular weight excluding hydrogens is 332 g/mol. The Kier molecular flexibility index (Phi) is 4.85. The molecule has 1 amide bonds. The van der Waals surface area contributed by atoms with Crippen LogP contribution in [0.4, 0.5) is 5.82 Å². The number of nitrogens with one attached hydrogen (secondary N) is 1. The lowest BCUT2D eigenvalue weighted by Crippen LogP contribution is -2.24. The molecule has 2 aromatic rings. The van der Waals surface area contributed by atoms with E-state index < -0.39 is 0 Å². The zero-order chi connectivity index (χ0) is 18.7. The van der Waals surface area contributed by atoms with E-state index in [4.69, 9.17) is 14.7 Å². The lowest BCUT2D eigenvalue weighted by molar-refractivity contribution is 0.102. The first-order valence-electron chi connectivity index (χ1n) is 8.55. The Morgan fingerprint density at radius 1 is 1.50 bits per heavy atom. The Morgan fingerprint density at radius 2 is 2.31 bits per heavy atom. The normalized spacial score (nSPS) is 14.2. The summed E-state index contributed by atoms with van der Waals surface area (Å²) in [5, 5.41) is 15.6. The van der Waals surface area contributed by atoms with Gasteiger partial charge in [-0.2, -0.15) is 10.4 Å². The topological polar surface area (TPSA) is 89.2 Å². The van der Waals surface area contributed by atoms with Crippen molar-refractivity contribution < 1.29 is 14.3 Å². The van der Waals surface area contributed by atoms with Gasteiger partial charge < -0.3 is 14.8 Å². The first-order valence-corrected chi connectivity index (χ1v) is 8.55. The molecular formula is C19H22N4O3. The summed E-state index contributed by atoms with van der Waals surface area (Å²) < 4.78 is 13.5. The van der Waals surface area contributed by atoms with Crippen LogP contribution in [-0.2, 0) is 13.5 Å². The average Bonchev–Trinajstić information content (AvgIpc) is 3.12. The van der Waals surface area contributed by atoms with Crippen LogP contribution in [0.25, 0.3) is 0 Å². The molecule has 0 atom stereocenters. The molecule has 7 nitrogen and oxygen atoms in total. The minimum atomic E-state index is -0.344. The van der Waals surface area contributed by atoms with Crippen molar-refractivity contribution in [1.82, 2.24) is 9.78 Å². The van der Waals surface area contributed by atoms with Crippen molar-refractivity contribution in [2.75, 3.05) is 11.9 Å². The van der Waals surface area contributed by atoms with Crippen LogP contribution in [0.2, 0.25) is 0 Å². The second kappa shape index (κ2) is 7.08. The maximum atomic E-state index is 12.6. The maximum absolute atomic E-state index is 12.6. The van der Waals surface area contributed by atoms with E-state index >= 15 is 0 Å². The summed E-state index contributed by atoms with van der Waals surface area (Å²) in [5.74, 6) is 1.51. The van der Waals surface area contributed by atoms with Crippen molar-refractivity contribution in [2.45, 2.75) is 38.7 Å². The van der Waals surface area contributed by atoms with Gasteiger partial charge in [0.05, 0.1) is 12.7 Å². The summed E-state index contributed by atoms with van der Waals surface area (Å²) in [6.07, 6.45) is 3.54. The molecule has 0 bridgehead atoms. The SMILES string of the molecule is Cn1ccc(NC(=O)c2cc(OCCCC#N)c3c(c2)OC(C)(C)C3)n1. The van der Waals surface area contributed by atoms with Gasteiger partial charge in [0.2, 0.25) is 0 Å². The molecule has 2 heterocycles. The fourth-order valence-electron chi connectivity index (χ4n) is 2.91. The number of aromatic nitrogens is 2. The van der Waals surface area contributed by atoms with Gasteiger partial charge in [-0.05, 0) is 32.4 Å². The van der Waals surface area contributed by atoms with Crippen LogP contribution in [0, 0.1) is 11.3 Å². The third-order valence-electron chi connectivity index (χ3n) is 4.06. The predicted molar refractivity (Wildman–Crippen MR) is 96.4 cm³/mol. The van der Waals surface area contributed by atoms with E-state index in [0.717, 1.165) is 5.56 Å². The summed E-state index contributed by atoms with van der Waals surface area (Å²) in [6, 6.07) is 7.30. The van der Waals surface area contributed by atoms with Crippen molar-refractivity contribution in [3.8, 4) is 17.6 Å². The number of hydrogen-bond acceptors (Lipinski definition) is 5. The Balaban J connectivity index is 1.84. The van der Waals surface area contributed by atoms with Crippen molar-refractivity contribution in [3.05, 3.63) is 35.5 Å². The van der Waals surface area contributed by atoms with Gasteiger partial charge >= 0.3 is 0 Å². The number of hydrogen-bond donors (Lipinski definition) is 1. The largest absolute Gasteiger partial charge is 0.493 e. The first-order chi connectivity index (χ1) is 12.4. The van der Waals surface area contributed by atoms with Crippen molar-refractivity contribution >= 4 is 11.7 Å². The van der Waals surface area contributed by atoms with E-state index in [0.29, 0.717) is 48.7 Å². The van der Waals surface area contributed by atoms with Crippen LogP contribution in [0.1, 0.15) is 42.6 Å². The Hall–Kier alpha value is -3.01. The summed E-state index contributed by atoms with van der Waals surface area (Å²) in [6.45, 7) is 4.42. The number of nitriles is 1. The van der Waals surface area contributed by atoms with Crippen molar-refractivity contribution in [2.24, 2.45) is 7.05 Å². The van der Waals surface area contributed by atoms with Gasteiger partial charge in [0.25, 0.3) is 5.91 Å². The smallest absolute Gasteiger partial charge is 0.257 e. The highest BCUT2D eigenvalue weighted by atomic mass is 16.5. The number of carbonyl (C=O) groups is 1. The highest BCUT2D eigenvalue weighted by Gasteiger charge is 2.33. The number of ether oxygens (including phenoxy) is 2. The van der Waals surface area contributed by atoms with Gasteiger partial charge in [-0.15, -0.1) is 0 Å². The fourth-order valence-corrected chi connectivity index (χ4v) is 2.91. The standard InChI is InChI=1S/C19H22N4O3/c1-19(2)12-14-15(25-9-5-4-7-20)10-13(11-16(14)26-19)18(24)21-17-6-8-23(3)22-17/h6,8,10-11H,4-5,9,12H2,1-3H3,(H,21,22,24). The van der Waals surface area contributed by atoms with Crippen LogP contribution in [0.15, 0.2) is 24.4 Å². The summed E-state index contributed by atoms with van der Waals surface area (Å²) in [4.78, 5) is 12.6. The molecule has 0 spiro atoms. The summed E-state index contributed by atoms with van der Waals surface area (Å²) in [5.41, 5.74) is 1.06. The van der Waals surface area contributed by atoms with Gasteiger partial charge in [-0.1, -0.05) is 0 Å². The zero-order valence-electron chi connectivity index (χ0n) is 15.2. The fraction of sp³-hybridized carbons (Fsp3) is 0.421. The van der Waals surface area contributed by atoms with Gasteiger partial charge in [-0.3, -0.25) is 9.48 Å². The van der Waals surface area contributed by atoms with Crippen molar-refractivity contribution in [3.63, 3.8) is 0 Å². The van der Waals surface area contributed by atoms with E-state index in [1.165, 1.54) is 0 Å².